The van der Waals surface area contributed by atoms with Crippen molar-refractivity contribution in [3.8, 4) is 0 Å². The molecular weight excluding hydrogens is 196 g/mol. The van der Waals surface area contributed by atoms with Crippen molar-refractivity contribution < 1.29 is 9.52 Å². The topological polar surface area (TPSA) is 33.4 Å². The molecule has 0 amide bonds. The van der Waals surface area contributed by atoms with Crippen molar-refractivity contribution in [3.05, 3.63) is 23.7 Å². The van der Waals surface area contributed by atoms with Crippen LogP contribution in [0.5, 0.6) is 0 Å². The third kappa shape index (κ3) is 3.76. The number of aliphatic hydroxyl groups excluding tert-OH is 1. The van der Waals surface area contributed by atoms with Gasteiger partial charge in [-0.05, 0) is 18.6 Å². The lowest BCUT2D eigenvalue weighted by Crippen LogP contribution is -2.07. The molecule has 1 rings (SSSR count). The van der Waals surface area contributed by atoms with Gasteiger partial charge in [0.05, 0.1) is 11.9 Å². The van der Waals surface area contributed by atoms with Crippen molar-refractivity contribution in [1.29, 1.82) is 0 Å². The van der Waals surface area contributed by atoms with Crippen LogP contribution >= 0.6 is 11.8 Å². The summed E-state index contributed by atoms with van der Waals surface area (Å²) in [4.78, 5) is 0. The van der Waals surface area contributed by atoms with Crippen LogP contribution in [0.25, 0.3) is 0 Å². The highest BCUT2D eigenvalue weighted by molar-refractivity contribution is 7.98. The van der Waals surface area contributed by atoms with Gasteiger partial charge in [-0.25, -0.2) is 0 Å². The van der Waals surface area contributed by atoms with E-state index in [0.29, 0.717) is 0 Å². The van der Waals surface area contributed by atoms with E-state index in [0.717, 1.165) is 35.9 Å². The molecule has 0 radical (unpaired) electrons. The predicted octanol–water partition coefficient (Wildman–Crippen LogP) is 2.85. The molecule has 1 unspecified atom stereocenters. The van der Waals surface area contributed by atoms with Crippen LogP contribution in [0.2, 0.25) is 0 Å². The van der Waals surface area contributed by atoms with E-state index in [-0.39, 0.29) is 6.10 Å². The molecule has 0 saturated heterocycles. The highest BCUT2D eigenvalue weighted by Gasteiger charge is 2.03. The average Bonchev–Trinajstić information content (AvgIpc) is 2.65. The number of aryl methyl sites for hydroxylation is 1. The quantitative estimate of drug-likeness (QED) is 0.790. The van der Waals surface area contributed by atoms with Gasteiger partial charge in [-0.2, -0.15) is 11.8 Å². The molecule has 0 aliphatic heterocycles. The molecule has 1 atom stereocenters. The standard InChI is InChI=1S/C11H18O2S/c1-3-9(12)7-14-8-11-6-5-10(4-2)13-11/h5-6,9,12H,3-4,7-8H2,1-2H3. The van der Waals surface area contributed by atoms with Gasteiger partial charge in [0.1, 0.15) is 11.5 Å². The summed E-state index contributed by atoms with van der Waals surface area (Å²) in [7, 11) is 0. The number of furan rings is 1. The fourth-order valence-corrected chi connectivity index (χ4v) is 2.09. The lowest BCUT2D eigenvalue weighted by molar-refractivity contribution is 0.195. The van der Waals surface area contributed by atoms with Crippen molar-refractivity contribution in [3.63, 3.8) is 0 Å². The number of rotatable bonds is 6. The summed E-state index contributed by atoms with van der Waals surface area (Å²) in [5.74, 6) is 3.70. The summed E-state index contributed by atoms with van der Waals surface area (Å²) >= 11 is 1.72. The van der Waals surface area contributed by atoms with Gasteiger partial charge in [0, 0.05) is 12.2 Å². The zero-order valence-corrected chi connectivity index (χ0v) is 9.64. The molecule has 1 aromatic heterocycles. The van der Waals surface area contributed by atoms with Crippen LogP contribution in [-0.2, 0) is 12.2 Å². The van der Waals surface area contributed by atoms with Crippen molar-refractivity contribution in [2.45, 2.75) is 38.5 Å². The minimum Gasteiger partial charge on any atom is -0.465 e. The summed E-state index contributed by atoms with van der Waals surface area (Å²) in [5, 5.41) is 9.34. The van der Waals surface area contributed by atoms with Crippen molar-refractivity contribution in [2.24, 2.45) is 0 Å². The third-order valence-corrected chi connectivity index (χ3v) is 3.20. The van der Waals surface area contributed by atoms with Gasteiger partial charge in [0.2, 0.25) is 0 Å². The van der Waals surface area contributed by atoms with Crippen LogP contribution < -0.4 is 0 Å². The van der Waals surface area contributed by atoms with E-state index >= 15 is 0 Å². The van der Waals surface area contributed by atoms with E-state index in [9.17, 15) is 5.11 Å². The molecule has 0 bridgehead atoms. The molecular formula is C11H18O2S. The zero-order chi connectivity index (χ0) is 10.4. The van der Waals surface area contributed by atoms with Gasteiger partial charge in [-0.1, -0.05) is 13.8 Å². The van der Waals surface area contributed by atoms with Crippen LogP contribution in [0.1, 0.15) is 31.8 Å². The van der Waals surface area contributed by atoms with E-state index in [4.69, 9.17) is 4.42 Å². The SMILES string of the molecule is CCc1ccc(CSCC(O)CC)o1. The van der Waals surface area contributed by atoms with Crippen LogP contribution in [0.15, 0.2) is 16.5 Å². The Balaban J connectivity index is 2.24. The van der Waals surface area contributed by atoms with Gasteiger partial charge < -0.3 is 9.52 Å². The molecule has 0 aliphatic carbocycles. The molecule has 0 saturated carbocycles. The Morgan fingerprint density at radius 3 is 2.64 bits per heavy atom. The third-order valence-electron chi connectivity index (χ3n) is 2.09. The van der Waals surface area contributed by atoms with Gasteiger partial charge in [0.15, 0.2) is 0 Å². The molecule has 2 nitrogen and oxygen atoms in total. The maximum absolute atomic E-state index is 9.34. The fourth-order valence-electron chi connectivity index (χ4n) is 1.10. The second-order valence-electron chi connectivity index (χ2n) is 3.30. The van der Waals surface area contributed by atoms with Gasteiger partial charge in [-0.3, -0.25) is 0 Å². The Hall–Kier alpha value is -0.410. The first kappa shape index (κ1) is 11.7. The number of aliphatic hydroxyl groups is 1. The molecule has 80 valence electrons. The van der Waals surface area contributed by atoms with Gasteiger partial charge >= 0.3 is 0 Å². The molecule has 14 heavy (non-hydrogen) atoms. The van der Waals surface area contributed by atoms with Gasteiger partial charge in [-0.15, -0.1) is 0 Å². The predicted molar refractivity (Wildman–Crippen MR) is 60.5 cm³/mol. The first-order valence-corrected chi connectivity index (χ1v) is 6.25. The molecule has 1 N–H and O–H groups in total. The average molecular weight is 214 g/mol. The van der Waals surface area contributed by atoms with Crippen LogP contribution in [0.4, 0.5) is 0 Å². The Morgan fingerprint density at radius 1 is 1.36 bits per heavy atom. The molecule has 1 aromatic rings. The Kier molecular flexibility index (Phi) is 5.12. The van der Waals surface area contributed by atoms with E-state index in [1.807, 2.05) is 19.1 Å². The fraction of sp³-hybridized carbons (Fsp3) is 0.636. The number of thioether (sulfide) groups is 1. The maximum atomic E-state index is 9.34. The minimum atomic E-state index is -0.180. The van der Waals surface area contributed by atoms with Crippen molar-refractivity contribution in [2.75, 3.05) is 5.75 Å². The monoisotopic (exact) mass is 214 g/mol. The summed E-state index contributed by atoms with van der Waals surface area (Å²) in [6.45, 7) is 4.07. The molecule has 3 heteroatoms. The highest BCUT2D eigenvalue weighted by atomic mass is 32.2. The Labute approximate surface area is 89.7 Å². The van der Waals surface area contributed by atoms with Crippen LogP contribution in [0.3, 0.4) is 0 Å². The number of hydrogen-bond donors (Lipinski definition) is 1. The van der Waals surface area contributed by atoms with E-state index < -0.39 is 0 Å². The number of hydrogen-bond acceptors (Lipinski definition) is 3. The largest absolute Gasteiger partial charge is 0.465 e. The molecule has 0 fully saturated rings. The first-order chi connectivity index (χ1) is 6.76. The maximum Gasteiger partial charge on any atom is 0.114 e. The first-order valence-electron chi connectivity index (χ1n) is 5.09. The summed E-state index contributed by atoms with van der Waals surface area (Å²) in [5.41, 5.74) is 0. The van der Waals surface area contributed by atoms with E-state index in [1.165, 1.54) is 0 Å². The normalized spacial score (nSPS) is 13.1. The van der Waals surface area contributed by atoms with Crippen molar-refractivity contribution in [1.82, 2.24) is 0 Å². The van der Waals surface area contributed by atoms with Crippen LogP contribution in [0, 0.1) is 0 Å². The Morgan fingerprint density at radius 2 is 2.07 bits per heavy atom. The van der Waals surface area contributed by atoms with Crippen molar-refractivity contribution >= 4 is 11.8 Å². The summed E-state index contributed by atoms with van der Waals surface area (Å²) in [6.07, 6.45) is 1.59. The van der Waals surface area contributed by atoms with E-state index in [1.54, 1.807) is 11.8 Å². The molecule has 0 aliphatic rings. The summed E-state index contributed by atoms with van der Waals surface area (Å²) in [6, 6.07) is 4.04. The Bertz CT molecular complexity index is 258. The smallest absolute Gasteiger partial charge is 0.114 e. The van der Waals surface area contributed by atoms with Crippen LogP contribution in [-0.4, -0.2) is 17.0 Å². The zero-order valence-electron chi connectivity index (χ0n) is 8.82. The molecule has 0 aromatic carbocycles. The highest BCUT2D eigenvalue weighted by Crippen LogP contribution is 2.16. The second kappa shape index (κ2) is 6.14. The molecule has 0 spiro atoms. The van der Waals surface area contributed by atoms with Gasteiger partial charge in [0.25, 0.3) is 0 Å². The lowest BCUT2D eigenvalue weighted by atomic mass is 10.3. The lowest BCUT2D eigenvalue weighted by Gasteiger charge is -2.05. The van der Waals surface area contributed by atoms with E-state index in [2.05, 4.69) is 6.92 Å². The molecule has 1 heterocycles. The second-order valence-corrected chi connectivity index (χ2v) is 4.33. The minimum absolute atomic E-state index is 0.180. The summed E-state index contributed by atoms with van der Waals surface area (Å²) < 4.78 is 5.55.